The Hall–Kier alpha value is -7.12. The number of halogens is 6. The van der Waals surface area contributed by atoms with Gasteiger partial charge in [0.05, 0.1) is 19.6 Å². The van der Waals surface area contributed by atoms with Crippen molar-refractivity contribution in [3.8, 4) is 11.5 Å². The predicted octanol–water partition coefficient (Wildman–Crippen LogP) is 11.1. The summed E-state index contributed by atoms with van der Waals surface area (Å²) in [6, 6.07) is 22.8. The molecule has 5 amide bonds. The lowest BCUT2D eigenvalue weighted by Crippen LogP contribution is -2.45. The van der Waals surface area contributed by atoms with Crippen molar-refractivity contribution in [2.45, 2.75) is 92.2 Å². The summed E-state index contributed by atoms with van der Waals surface area (Å²) in [4.78, 5) is 61.3. The minimum Gasteiger partial charge on any atom is -0.415 e. The molecule has 5 aromatic rings. The molecule has 0 aliphatic carbocycles. The van der Waals surface area contributed by atoms with Gasteiger partial charge in [0.1, 0.15) is 11.6 Å². The van der Waals surface area contributed by atoms with Gasteiger partial charge in [-0.05, 0) is 133 Å². The van der Waals surface area contributed by atoms with Gasteiger partial charge in [-0.25, -0.2) is 18.4 Å². The van der Waals surface area contributed by atoms with Crippen LogP contribution in [0, 0.1) is 11.6 Å². The van der Waals surface area contributed by atoms with Gasteiger partial charge >= 0.3 is 24.9 Å². The highest BCUT2D eigenvalue weighted by atomic mass is 19.3. The van der Waals surface area contributed by atoms with Crippen LogP contribution in [0.3, 0.4) is 0 Å². The maximum atomic E-state index is 15.1. The summed E-state index contributed by atoms with van der Waals surface area (Å²) in [5.41, 5.74) is 3.97. The smallest absolute Gasteiger partial charge is 0.324 e. The van der Waals surface area contributed by atoms with E-state index in [1.807, 2.05) is 53.8 Å². The van der Waals surface area contributed by atoms with Crippen LogP contribution in [-0.2, 0) is 17.9 Å². The van der Waals surface area contributed by atoms with Crippen molar-refractivity contribution in [2.75, 3.05) is 78.5 Å². The number of aromatic nitrogens is 2. The van der Waals surface area contributed by atoms with E-state index in [-0.39, 0.29) is 53.3 Å². The Bertz CT molecular complexity index is 2600. The van der Waals surface area contributed by atoms with Crippen LogP contribution in [0.1, 0.15) is 100 Å². The molecule has 2 aliphatic heterocycles. The third-order valence-electron chi connectivity index (χ3n) is 12.9. The topological polar surface area (TPSA) is 139 Å². The molecule has 14 nitrogen and oxygen atoms in total. The van der Waals surface area contributed by atoms with Gasteiger partial charge in [-0.2, -0.15) is 17.6 Å². The number of carbonyl (C=O) groups is 4. The molecule has 2 saturated heterocycles. The molecule has 73 heavy (non-hydrogen) atoms. The molecule has 392 valence electrons. The lowest BCUT2D eigenvalue weighted by molar-refractivity contribution is -0.131. The van der Waals surface area contributed by atoms with Crippen molar-refractivity contribution in [3.05, 3.63) is 119 Å². The lowest BCUT2D eigenvalue weighted by atomic mass is 10.1. The molecule has 3 heterocycles. The molecule has 2 fully saturated rings. The summed E-state index contributed by atoms with van der Waals surface area (Å²) < 4.78 is 85.3. The quantitative estimate of drug-likeness (QED) is 0.0671. The van der Waals surface area contributed by atoms with Crippen molar-refractivity contribution < 1.29 is 49.9 Å². The lowest BCUT2D eigenvalue weighted by Gasteiger charge is -2.33. The van der Waals surface area contributed by atoms with Crippen molar-refractivity contribution in [2.24, 2.45) is 0 Å². The normalized spacial score (nSPS) is 13.6. The SMILES string of the molecule is CCN(CC)c1ccc(N(Cc2ccc(-c3nnc(C(F)F)o3)cc2F)C(=O)N2CCCCC2)cc1.CCN(CC)c1ccc(N(Cc2ccc(C(=O)CNC(=O)C(F)F)cc2F)C(=O)N2CCCCC2)cc1. The number of Topliss-reactive ketones (excluding diaryl/α,β-unsaturated/α-hetero) is 1. The Morgan fingerprint density at radius 1 is 0.589 bits per heavy atom. The van der Waals surface area contributed by atoms with Crippen LogP contribution in [0.5, 0.6) is 0 Å². The second-order valence-corrected chi connectivity index (χ2v) is 17.5. The third kappa shape index (κ3) is 14.5. The fraction of sp³-hybridized carbons (Fsp3) is 0.434. The number of urea groups is 2. The second kappa shape index (κ2) is 26.5. The number of nitrogens with zero attached hydrogens (tertiary/aromatic N) is 8. The van der Waals surface area contributed by atoms with Crippen LogP contribution < -0.4 is 24.9 Å². The van der Waals surface area contributed by atoms with Gasteiger partial charge in [0.15, 0.2) is 5.78 Å². The zero-order valence-corrected chi connectivity index (χ0v) is 41.6. The van der Waals surface area contributed by atoms with Crippen molar-refractivity contribution in [1.29, 1.82) is 0 Å². The number of piperidine rings is 2. The van der Waals surface area contributed by atoms with E-state index < -0.39 is 48.6 Å². The van der Waals surface area contributed by atoms with Gasteiger partial charge < -0.3 is 29.3 Å². The van der Waals surface area contributed by atoms with Crippen molar-refractivity contribution >= 4 is 46.5 Å². The van der Waals surface area contributed by atoms with Crippen molar-refractivity contribution in [3.63, 3.8) is 0 Å². The molecule has 0 radical (unpaired) electrons. The van der Waals surface area contributed by atoms with E-state index in [9.17, 15) is 36.7 Å². The minimum absolute atomic E-state index is 0.0121. The number of benzene rings is 4. The summed E-state index contributed by atoms with van der Waals surface area (Å²) in [6.45, 7) is 13.6. The summed E-state index contributed by atoms with van der Waals surface area (Å²) >= 11 is 0. The molecule has 0 saturated carbocycles. The number of likely N-dealkylation sites (tertiary alicyclic amines) is 2. The maximum absolute atomic E-state index is 15.1. The van der Waals surface area contributed by atoms with Gasteiger partial charge in [0.2, 0.25) is 5.89 Å². The minimum atomic E-state index is -3.24. The van der Waals surface area contributed by atoms with Crippen LogP contribution in [0.4, 0.5) is 58.7 Å². The van der Waals surface area contributed by atoms with E-state index in [2.05, 4.69) is 47.7 Å². The Balaban J connectivity index is 0.000000238. The van der Waals surface area contributed by atoms with Gasteiger partial charge in [0, 0.05) is 97.4 Å². The van der Waals surface area contributed by atoms with Crippen LogP contribution in [0.2, 0.25) is 0 Å². The first kappa shape index (κ1) is 55.2. The Morgan fingerprint density at radius 3 is 1.42 bits per heavy atom. The zero-order valence-electron chi connectivity index (χ0n) is 41.6. The molecule has 0 bridgehead atoms. The maximum Gasteiger partial charge on any atom is 0.324 e. The average molecular weight is 1020 g/mol. The van der Waals surface area contributed by atoms with E-state index in [4.69, 9.17) is 4.42 Å². The van der Waals surface area contributed by atoms with Crippen LogP contribution >= 0.6 is 0 Å². The Labute approximate surface area is 421 Å². The fourth-order valence-corrected chi connectivity index (χ4v) is 8.70. The summed E-state index contributed by atoms with van der Waals surface area (Å²) in [5, 5.41) is 8.68. The molecule has 1 aromatic heterocycles. The average Bonchev–Trinajstić information content (AvgIpc) is 3.92. The molecule has 0 spiro atoms. The summed E-state index contributed by atoms with van der Waals surface area (Å²) in [6.07, 6.45) is -0.301. The van der Waals surface area contributed by atoms with Gasteiger partial charge in [-0.15, -0.1) is 10.2 Å². The molecular formula is C53H63F6N9O5. The zero-order chi connectivity index (χ0) is 52.6. The fourth-order valence-electron chi connectivity index (χ4n) is 8.70. The van der Waals surface area contributed by atoms with Crippen LogP contribution in [-0.4, -0.2) is 109 Å². The molecule has 2 aliphatic rings. The number of carbonyl (C=O) groups excluding carboxylic acids is 4. The molecular weight excluding hydrogens is 957 g/mol. The Morgan fingerprint density at radius 2 is 1.03 bits per heavy atom. The number of hydrogen-bond acceptors (Lipinski definition) is 9. The molecule has 0 atom stereocenters. The summed E-state index contributed by atoms with van der Waals surface area (Å²) in [5.74, 6) is -4.58. The van der Waals surface area contributed by atoms with E-state index >= 15 is 8.78 Å². The highest BCUT2D eigenvalue weighted by molar-refractivity contribution is 5.99. The molecule has 0 unspecified atom stereocenters. The highest BCUT2D eigenvalue weighted by Gasteiger charge is 2.28. The second-order valence-electron chi connectivity index (χ2n) is 17.5. The molecule has 4 aromatic carbocycles. The summed E-state index contributed by atoms with van der Waals surface area (Å²) in [7, 11) is 0. The van der Waals surface area contributed by atoms with Crippen LogP contribution in [0.25, 0.3) is 11.5 Å². The van der Waals surface area contributed by atoms with E-state index in [0.717, 1.165) is 88.2 Å². The van der Waals surface area contributed by atoms with Gasteiger partial charge in [-0.3, -0.25) is 19.4 Å². The predicted molar refractivity (Wildman–Crippen MR) is 268 cm³/mol. The standard InChI is InChI=1S/C27H33F3N4O3.C26H30F3N5O2/c1-3-32(4-2)21-10-12-22(13-11-21)34(27(37)33-14-6-5-7-15-33)18-20-9-8-19(16-23(20)28)24(35)17-31-26(36)25(29)30;1-3-32(4-2)20-10-12-21(13-11-20)34(26(35)33-14-6-5-7-15-33)17-19-9-8-18(16-22(19)27)24-30-31-25(36-24)23(28)29/h8-13,16,25H,3-7,14-15,17-18H2,1-2H3,(H,31,36);8-13,16,23H,3-7,14-15,17H2,1-2H3. The third-order valence-corrected chi connectivity index (χ3v) is 12.9. The number of anilines is 4. The van der Waals surface area contributed by atoms with Gasteiger partial charge in [-0.1, -0.05) is 18.2 Å². The van der Waals surface area contributed by atoms with E-state index in [1.54, 1.807) is 14.7 Å². The van der Waals surface area contributed by atoms with Gasteiger partial charge in [0.25, 0.3) is 11.8 Å². The Kier molecular flexibility index (Phi) is 20.1. The monoisotopic (exact) mass is 1020 g/mol. The number of hydrogen-bond donors (Lipinski definition) is 1. The first-order valence-corrected chi connectivity index (χ1v) is 24.8. The largest absolute Gasteiger partial charge is 0.415 e. The number of rotatable bonds is 18. The molecule has 20 heteroatoms. The van der Waals surface area contributed by atoms with Crippen LogP contribution in [0.15, 0.2) is 89.3 Å². The number of amides is 5. The first-order valence-electron chi connectivity index (χ1n) is 24.8. The molecule has 1 N–H and O–H groups in total. The number of ketones is 1. The first-order chi connectivity index (χ1) is 35.1. The number of alkyl halides is 4. The van der Waals surface area contributed by atoms with E-state index in [0.29, 0.717) is 37.6 Å². The number of nitrogens with one attached hydrogen (secondary N) is 1. The molecule has 7 rings (SSSR count). The van der Waals surface area contributed by atoms with E-state index in [1.165, 1.54) is 29.2 Å². The highest BCUT2D eigenvalue weighted by Crippen LogP contribution is 2.30. The van der Waals surface area contributed by atoms with Crippen molar-refractivity contribution in [1.82, 2.24) is 25.3 Å².